The number of aliphatic hydroxyl groups excluding tert-OH is 1. The van der Waals surface area contributed by atoms with Crippen LogP contribution in [-0.4, -0.2) is 14.5 Å². The third-order valence-electron chi connectivity index (χ3n) is 2.14. The third kappa shape index (κ3) is 3.02. The molecule has 1 aromatic heterocycles. The van der Waals surface area contributed by atoms with Crippen molar-refractivity contribution in [1.82, 2.24) is 9.36 Å². The standard InChI is InChI=1S/C11H11FN2OS2/c1-6(15)8-3-4-10(9(12)5-8)16-11-13-7(2)14-17-11/h3-6,15H,1-2H3/t6-/m0/s1. The Balaban J connectivity index is 2.22. The molecule has 0 aliphatic heterocycles. The molecule has 17 heavy (non-hydrogen) atoms. The van der Waals surface area contributed by atoms with Crippen LogP contribution in [0.15, 0.2) is 27.4 Å². The van der Waals surface area contributed by atoms with Gasteiger partial charge in [0, 0.05) is 0 Å². The van der Waals surface area contributed by atoms with Crippen molar-refractivity contribution in [2.24, 2.45) is 0 Å². The largest absolute Gasteiger partial charge is 0.389 e. The number of aryl methyl sites for hydroxylation is 1. The van der Waals surface area contributed by atoms with E-state index < -0.39 is 6.10 Å². The molecule has 90 valence electrons. The number of benzene rings is 1. The second-order valence-corrected chi connectivity index (χ2v) is 5.62. The smallest absolute Gasteiger partial charge is 0.174 e. The van der Waals surface area contributed by atoms with Crippen molar-refractivity contribution in [2.45, 2.75) is 29.2 Å². The van der Waals surface area contributed by atoms with E-state index in [4.69, 9.17) is 0 Å². The first kappa shape index (κ1) is 12.5. The molecule has 2 rings (SSSR count). The summed E-state index contributed by atoms with van der Waals surface area (Å²) in [6.45, 7) is 3.41. The van der Waals surface area contributed by atoms with Gasteiger partial charge in [0.2, 0.25) is 0 Å². The maximum atomic E-state index is 13.7. The maximum absolute atomic E-state index is 13.7. The van der Waals surface area contributed by atoms with Gasteiger partial charge < -0.3 is 5.11 Å². The lowest BCUT2D eigenvalue weighted by Crippen LogP contribution is -1.92. The number of hydrogen-bond donors (Lipinski definition) is 1. The molecule has 1 aromatic carbocycles. The normalized spacial score (nSPS) is 12.7. The predicted molar refractivity (Wildman–Crippen MR) is 65.8 cm³/mol. The van der Waals surface area contributed by atoms with Crippen molar-refractivity contribution in [1.29, 1.82) is 0 Å². The van der Waals surface area contributed by atoms with Crippen molar-refractivity contribution < 1.29 is 9.50 Å². The van der Waals surface area contributed by atoms with Crippen LogP contribution in [0.5, 0.6) is 0 Å². The lowest BCUT2D eigenvalue weighted by atomic mass is 10.1. The highest BCUT2D eigenvalue weighted by molar-refractivity contribution is 8.01. The van der Waals surface area contributed by atoms with E-state index in [-0.39, 0.29) is 5.82 Å². The zero-order valence-corrected chi connectivity index (χ0v) is 11.0. The molecule has 0 amide bonds. The second kappa shape index (κ2) is 5.12. The van der Waals surface area contributed by atoms with E-state index in [1.165, 1.54) is 29.4 Å². The highest BCUT2D eigenvalue weighted by Gasteiger charge is 2.10. The Morgan fingerprint density at radius 1 is 1.47 bits per heavy atom. The first-order chi connectivity index (χ1) is 8.06. The minimum atomic E-state index is -0.660. The molecule has 0 aliphatic rings. The number of aliphatic hydroxyl groups is 1. The molecule has 0 spiro atoms. The molecule has 1 heterocycles. The van der Waals surface area contributed by atoms with Crippen LogP contribution >= 0.6 is 23.3 Å². The van der Waals surface area contributed by atoms with Crippen LogP contribution in [0.3, 0.4) is 0 Å². The fourth-order valence-electron chi connectivity index (χ4n) is 1.27. The van der Waals surface area contributed by atoms with Gasteiger partial charge in [0.1, 0.15) is 11.6 Å². The van der Waals surface area contributed by atoms with E-state index in [0.29, 0.717) is 20.6 Å². The van der Waals surface area contributed by atoms with E-state index in [2.05, 4.69) is 9.36 Å². The van der Waals surface area contributed by atoms with Gasteiger partial charge >= 0.3 is 0 Å². The number of aromatic nitrogens is 2. The monoisotopic (exact) mass is 270 g/mol. The minimum Gasteiger partial charge on any atom is -0.389 e. The van der Waals surface area contributed by atoms with Gasteiger partial charge in [-0.2, -0.15) is 4.37 Å². The average Bonchev–Trinajstić information content (AvgIpc) is 2.67. The molecule has 0 radical (unpaired) electrons. The summed E-state index contributed by atoms with van der Waals surface area (Å²) in [5.74, 6) is 0.347. The summed E-state index contributed by atoms with van der Waals surface area (Å²) in [6.07, 6.45) is -0.660. The Morgan fingerprint density at radius 3 is 2.76 bits per heavy atom. The summed E-state index contributed by atoms with van der Waals surface area (Å²) in [4.78, 5) is 4.65. The van der Waals surface area contributed by atoms with Crippen LogP contribution in [0.25, 0.3) is 0 Å². The Hall–Kier alpha value is -0.980. The van der Waals surface area contributed by atoms with Gasteiger partial charge in [-0.15, -0.1) is 0 Å². The Labute approximate surface area is 107 Å². The minimum absolute atomic E-state index is 0.346. The number of rotatable bonds is 3. The van der Waals surface area contributed by atoms with Gasteiger partial charge in [-0.3, -0.25) is 0 Å². The van der Waals surface area contributed by atoms with Crippen molar-refractivity contribution in [3.8, 4) is 0 Å². The molecule has 0 aliphatic carbocycles. The Kier molecular flexibility index (Phi) is 3.76. The van der Waals surface area contributed by atoms with Crippen LogP contribution in [0, 0.1) is 12.7 Å². The fraction of sp³-hybridized carbons (Fsp3) is 0.273. The number of nitrogens with zero attached hydrogens (tertiary/aromatic N) is 2. The van der Waals surface area contributed by atoms with Gasteiger partial charge in [-0.05, 0) is 43.1 Å². The summed E-state index contributed by atoms with van der Waals surface area (Å²) in [5, 5.41) is 9.34. The zero-order valence-electron chi connectivity index (χ0n) is 9.35. The summed E-state index contributed by atoms with van der Waals surface area (Å²) < 4.78 is 18.5. The summed E-state index contributed by atoms with van der Waals surface area (Å²) >= 11 is 2.49. The van der Waals surface area contributed by atoms with Gasteiger partial charge in [-0.1, -0.05) is 17.8 Å². The molecule has 6 heteroatoms. The van der Waals surface area contributed by atoms with Gasteiger partial charge in [0.15, 0.2) is 4.34 Å². The molecule has 0 bridgehead atoms. The lowest BCUT2D eigenvalue weighted by Gasteiger charge is -2.06. The van der Waals surface area contributed by atoms with Crippen LogP contribution in [0.1, 0.15) is 24.4 Å². The number of hydrogen-bond acceptors (Lipinski definition) is 5. The van der Waals surface area contributed by atoms with Crippen molar-refractivity contribution >= 4 is 23.3 Å². The van der Waals surface area contributed by atoms with Crippen LogP contribution < -0.4 is 0 Å². The molecule has 0 fully saturated rings. The SMILES string of the molecule is Cc1nsc(Sc2ccc([C@H](C)O)cc2F)n1. The predicted octanol–water partition coefficient (Wildman–Crippen LogP) is 3.19. The molecular formula is C11H11FN2OS2. The quantitative estimate of drug-likeness (QED) is 0.930. The van der Waals surface area contributed by atoms with Gasteiger partial charge in [0.05, 0.1) is 11.0 Å². The highest BCUT2D eigenvalue weighted by atomic mass is 32.2. The number of halogens is 1. The van der Waals surface area contributed by atoms with Crippen LogP contribution in [0.2, 0.25) is 0 Å². The summed E-state index contributed by atoms with van der Waals surface area (Å²) in [5.41, 5.74) is 0.570. The van der Waals surface area contributed by atoms with Crippen LogP contribution in [-0.2, 0) is 0 Å². The molecule has 1 atom stereocenters. The second-order valence-electron chi connectivity index (χ2n) is 3.58. The average molecular weight is 270 g/mol. The van der Waals surface area contributed by atoms with E-state index >= 15 is 0 Å². The van der Waals surface area contributed by atoms with E-state index in [0.717, 1.165) is 0 Å². The van der Waals surface area contributed by atoms with Crippen molar-refractivity contribution in [2.75, 3.05) is 0 Å². The van der Waals surface area contributed by atoms with Crippen LogP contribution in [0.4, 0.5) is 4.39 Å². The first-order valence-corrected chi connectivity index (χ1v) is 6.61. The molecule has 0 saturated heterocycles. The van der Waals surface area contributed by atoms with Crippen molar-refractivity contribution in [3.63, 3.8) is 0 Å². The lowest BCUT2D eigenvalue weighted by molar-refractivity contribution is 0.198. The van der Waals surface area contributed by atoms with E-state index in [1.54, 1.807) is 26.0 Å². The highest BCUT2D eigenvalue weighted by Crippen LogP contribution is 2.32. The molecule has 2 aromatic rings. The molecule has 3 nitrogen and oxygen atoms in total. The van der Waals surface area contributed by atoms with E-state index in [1.807, 2.05) is 0 Å². The molecule has 0 unspecified atom stereocenters. The summed E-state index contributed by atoms with van der Waals surface area (Å²) in [6, 6.07) is 4.71. The molecule has 0 saturated carbocycles. The van der Waals surface area contributed by atoms with E-state index in [9.17, 15) is 9.50 Å². The van der Waals surface area contributed by atoms with Gasteiger partial charge in [-0.25, -0.2) is 9.37 Å². The Morgan fingerprint density at radius 2 is 2.24 bits per heavy atom. The topological polar surface area (TPSA) is 46.0 Å². The maximum Gasteiger partial charge on any atom is 0.174 e. The molecule has 1 N–H and O–H groups in total. The summed E-state index contributed by atoms with van der Waals surface area (Å²) in [7, 11) is 0. The van der Waals surface area contributed by atoms with Gasteiger partial charge in [0.25, 0.3) is 0 Å². The third-order valence-corrected chi connectivity index (χ3v) is 4.04. The first-order valence-electron chi connectivity index (χ1n) is 5.02. The zero-order chi connectivity index (χ0) is 12.4. The Bertz CT molecular complexity index is 528. The molecular weight excluding hydrogens is 259 g/mol. The van der Waals surface area contributed by atoms with Crippen molar-refractivity contribution in [3.05, 3.63) is 35.4 Å². The fourth-order valence-corrected chi connectivity index (χ4v) is 2.89.